The molecule has 2 heterocycles. The maximum atomic E-state index is 4.37. The molecule has 7 heteroatoms. The molecule has 6 nitrogen and oxygen atoms in total. The zero-order valence-corrected chi connectivity index (χ0v) is 19.1. The molecule has 0 saturated heterocycles. The van der Waals surface area contributed by atoms with Gasteiger partial charge < -0.3 is 10.6 Å². The van der Waals surface area contributed by atoms with Crippen molar-refractivity contribution in [3.63, 3.8) is 0 Å². The van der Waals surface area contributed by atoms with Crippen molar-refractivity contribution in [2.75, 3.05) is 20.1 Å². The predicted molar refractivity (Wildman–Crippen MR) is 122 cm³/mol. The van der Waals surface area contributed by atoms with Gasteiger partial charge in [-0.2, -0.15) is 0 Å². The minimum absolute atomic E-state index is 0. The SMILES string of the molecule is CN=C(NCCCc1nnc2ccccn12)NCC1(CC(C)C)CCC1.I. The van der Waals surface area contributed by atoms with Crippen LogP contribution in [0.1, 0.15) is 51.8 Å². The van der Waals surface area contributed by atoms with Gasteiger partial charge in [-0.15, -0.1) is 34.2 Å². The van der Waals surface area contributed by atoms with Gasteiger partial charge in [0.25, 0.3) is 0 Å². The minimum Gasteiger partial charge on any atom is -0.356 e. The maximum Gasteiger partial charge on any atom is 0.190 e. The fraction of sp³-hybridized carbons (Fsp3) is 0.650. The molecule has 2 aromatic rings. The summed E-state index contributed by atoms with van der Waals surface area (Å²) in [4.78, 5) is 4.37. The van der Waals surface area contributed by atoms with E-state index in [0.717, 1.165) is 49.3 Å². The van der Waals surface area contributed by atoms with Crippen LogP contribution in [0.3, 0.4) is 0 Å². The number of nitrogens with zero attached hydrogens (tertiary/aromatic N) is 4. The molecule has 0 radical (unpaired) electrons. The van der Waals surface area contributed by atoms with Crippen molar-refractivity contribution < 1.29 is 0 Å². The van der Waals surface area contributed by atoms with Crippen molar-refractivity contribution in [3.8, 4) is 0 Å². The highest BCUT2D eigenvalue weighted by Crippen LogP contribution is 2.45. The van der Waals surface area contributed by atoms with Crippen LogP contribution in [0.2, 0.25) is 0 Å². The first-order valence-corrected chi connectivity index (χ1v) is 9.85. The first-order chi connectivity index (χ1) is 12.6. The molecular formula is C20H33IN6. The van der Waals surface area contributed by atoms with E-state index in [1.807, 2.05) is 31.4 Å². The van der Waals surface area contributed by atoms with E-state index in [0.29, 0.717) is 5.41 Å². The molecule has 0 aliphatic heterocycles. The van der Waals surface area contributed by atoms with E-state index in [-0.39, 0.29) is 24.0 Å². The van der Waals surface area contributed by atoms with Crippen LogP contribution < -0.4 is 10.6 Å². The Labute approximate surface area is 179 Å². The van der Waals surface area contributed by atoms with Gasteiger partial charge >= 0.3 is 0 Å². The standard InChI is InChI=1S/C20H32N6.HI/c1-16(2)14-20(10-7-11-20)15-23-19(21-3)22-12-6-9-18-25-24-17-8-4-5-13-26(17)18;/h4-5,8,13,16H,6-7,9-12,14-15H2,1-3H3,(H2,21,22,23);1H. The van der Waals surface area contributed by atoms with Crippen molar-refractivity contribution in [2.24, 2.45) is 16.3 Å². The molecule has 2 aromatic heterocycles. The lowest BCUT2D eigenvalue weighted by Crippen LogP contribution is -2.47. The molecule has 0 atom stereocenters. The number of aliphatic imine (C=N–C) groups is 1. The number of pyridine rings is 1. The first-order valence-electron chi connectivity index (χ1n) is 9.85. The van der Waals surface area contributed by atoms with Crippen LogP contribution >= 0.6 is 24.0 Å². The van der Waals surface area contributed by atoms with Gasteiger partial charge in [0.05, 0.1) is 0 Å². The van der Waals surface area contributed by atoms with Crippen LogP contribution in [-0.4, -0.2) is 40.7 Å². The molecule has 1 fully saturated rings. The summed E-state index contributed by atoms with van der Waals surface area (Å²) < 4.78 is 2.05. The summed E-state index contributed by atoms with van der Waals surface area (Å²) in [5.41, 5.74) is 1.38. The van der Waals surface area contributed by atoms with Crippen LogP contribution in [0.25, 0.3) is 5.65 Å². The summed E-state index contributed by atoms with van der Waals surface area (Å²) in [6, 6.07) is 5.98. The Kier molecular flexibility index (Phi) is 8.31. The molecule has 27 heavy (non-hydrogen) atoms. The first kappa shape index (κ1) is 21.9. The number of hydrogen-bond acceptors (Lipinski definition) is 3. The monoisotopic (exact) mass is 484 g/mol. The smallest absolute Gasteiger partial charge is 0.190 e. The number of aromatic nitrogens is 3. The second kappa shape index (κ2) is 10.2. The normalized spacial score (nSPS) is 16.1. The molecule has 2 N–H and O–H groups in total. The summed E-state index contributed by atoms with van der Waals surface area (Å²) in [7, 11) is 1.84. The number of nitrogens with one attached hydrogen (secondary N) is 2. The van der Waals surface area contributed by atoms with E-state index >= 15 is 0 Å². The third-order valence-corrected chi connectivity index (χ3v) is 5.36. The van der Waals surface area contributed by atoms with Gasteiger partial charge in [0.2, 0.25) is 0 Å². The van der Waals surface area contributed by atoms with E-state index in [1.165, 1.54) is 25.7 Å². The van der Waals surface area contributed by atoms with Crippen LogP contribution in [-0.2, 0) is 6.42 Å². The number of fused-ring (bicyclic) bond motifs is 1. The van der Waals surface area contributed by atoms with Gasteiger partial charge in [0.15, 0.2) is 11.6 Å². The van der Waals surface area contributed by atoms with Crippen LogP contribution in [0, 0.1) is 11.3 Å². The van der Waals surface area contributed by atoms with Crippen LogP contribution in [0.4, 0.5) is 0 Å². The Bertz CT molecular complexity index is 735. The third kappa shape index (κ3) is 5.80. The minimum atomic E-state index is 0. The molecule has 0 unspecified atom stereocenters. The molecule has 0 spiro atoms. The lowest BCUT2D eigenvalue weighted by atomic mass is 9.64. The average molecular weight is 484 g/mol. The zero-order chi connectivity index (χ0) is 18.4. The van der Waals surface area contributed by atoms with Crippen molar-refractivity contribution >= 4 is 35.6 Å². The van der Waals surface area contributed by atoms with E-state index in [2.05, 4.69) is 44.1 Å². The number of hydrogen-bond donors (Lipinski definition) is 2. The molecular weight excluding hydrogens is 451 g/mol. The van der Waals surface area contributed by atoms with Crippen molar-refractivity contribution in [1.82, 2.24) is 25.2 Å². The fourth-order valence-electron chi connectivity index (χ4n) is 4.00. The largest absolute Gasteiger partial charge is 0.356 e. The number of aryl methyl sites for hydroxylation is 1. The summed E-state index contributed by atoms with van der Waals surface area (Å²) in [6.07, 6.45) is 9.26. The van der Waals surface area contributed by atoms with Crippen LogP contribution in [0.5, 0.6) is 0 Å². The number of halogens is 1. The molecule has 150 valence electrons. The highest BCUT2D eigenvalue weighted by molar-refractivity contribution is 14.0. The van der Waals surface area contributed by atoms with Gasteiger partial charge in [-0.05, 0) is 49.1 Å². The Morgan fingerprint density at radius 1 is 1.26 bits per heavy atom. The Balaban J connectivity index is 0.00000261. The second-order valence-electron chi connectivity index (χ2n) is 7.95. The van der Waals surface area contributed by atoms with Crippen LogP contribution in [0.15, 0.2) is 29.4 Å². The molecule has 0 aromatic carbocycles. The summed E-state index contributed by atoms with van der Waals surface area (Å²) >= 11 is 0. The quantitative estimate of drug-likeness (QED) is 0.260. The molecule has 3 rings (SSSR count). The van der Waals surface area contributed by atoms with Crippen molar-refractivity contribution in [3.05, 3.63) is 30.2 Å². The predicted octanol–water partition coefficient (Wildman–Crippen LogP) is 3.66. The van der Waals surface area contributed by atoms with Gasteiger partial charge in [0.1, 0.15) is 5.82 Å². The topological polar surface area (TPSA) is 66.6 Å². The highest BCUT2D eigenvalue weighted by atomic mass is 127. The molecule has 0 amide bonds. The molecule has 1 aliphatic carbocycles. The highest BCUT2D eigenvalue weighted by Gasteiger charge is 2.37. The van der Waals surface area contributed by atoms with E-state index in [1.54, 1.807) is 0 Å². The Morgan fingerprint density at radius 3 is 2.74 bits per heavy atom. The number of guanidine groups is 1. The van der Waals surface area contributed by atoms with Crippen molar-refractivity contribution in [1.29, 1.82) is 0 Å². The maximum absolute atomic E-state index is 4.37. The summed E-state index contributed by atoms with van der Waals surface area (Å²) in [5, 5.41) is 15.5. The molecule has 1 saturated carbocycles. The fourth-order valence-corrected chi connectivity index (χ4v) is 4.00. The van der Waals surface area contributed by atoms with E-state index in [9.17, 15) is 0 Å². The van der Waals surface area contributed by atoms with Gasteiger partial charge in [-0.25, -0.2) is 0 Å². The third-order valence-electron chi connectivity index (χ3n) is 5.36. The average Bonchev–Trinajstić information content (AvgIpc) is 3.01. The second-order valence-corrected chi connectivity index (χ2v) is 7.95. The summed E-state index contributed by atoms with van der Waals surface area (Å²) in [5.74, 6) is 2.67. The Morgan fingerprint density at radius 2 is 2.07 bits per heavy atom. The zero-order valence-electron chi connectivity index (χ0n) is 16.7. The van der Waals surface area contributed by atoms with E-state index in [4.69, 9.17) is 0 Å². The van der Waals surface area contributed by atoms with E-state index < -0.39 is 0 Å². The Hall–Kier alpha value is -1.38. The summed E-state index contributed by atoms with van der Waals surface area (Å²) in [6.45, 7) is 6.54. The van der Waals surface area contributed by atoms with Gasteiger partial charge in [-0.3, -0.25) is 9.39 Å². The molecule has 1 aliphatic rings. The number of rotatable bonds is 8. The molecule has 0 bridgehead atoms. The van der Waals surface area contributed by atoms with Gasteiger partial charge in [-0.1, -0.05) is 26.3 Å². The van der Waals surface area contributed by atoms with Gasteiger partial charge in [0, 0.05) is 32.8 Å². The van der Waals surface area contributed by atoms with Crippen molar-refractivity contribution in [2.45, 2.75) is 52.4 Å². The lowest BCUT2D eigenvalue weighted by molar-refractivity contribution is 0.104. The lowest BCUT2D eigenvalue weighted by Gasteiger charge is -2.43.